The third kappa shape index (κ3) is 3.70. The van der Waals surface area contributed by atoms with Gasteiger partial charge >= 0.3 is 0 Å². The van der Waals surface area contributed by atoms with Gasteiger partial charge in [0.2, 0.25) is 0 Å². The second-order valence-corrected chi connectivity index (χ2v) is 5.42. The first-order chi connectivity index (χ1) is 9.06. The third-order valence-corrected chi connectivity index (χ3v) is 3.50. The van der Waals surface area contributed by atoms with Crippen LogP contribution in [0, 0.1) is 5.92 Å². The summed E-state index contributed by atoms with van der Waals surface area (Å²) in [4.78, 5) is 11.9. The maximum absolute atomic E-state index is 11.9. The average Bonchev–Trinajstić information content (AvgIpc) is 2.39. The summed E-state index contributed by atoms with van der Waals surface area (Å²) < 4.78 is 0. The average molecular weight is 281 g/mol. The summed E-state index contributed by atoms with van der Waals surface area (Å²) >= 11 is 5.80. The molecule has 4 nitrogen and oxygen atoms in total. The fourth-order valence-corrected chi connectivity index (χ4v) is 2.41. The number of hydrogen-bond acceptors (Lipinski definition) is 3. The Morgan fingerprint density at radius 3 is 3.05 bits per heavy atom. The van der Waals surface area contributed by atoms with Gasteiger partial charge in [0.25, 0.3) is 5.91 Å². The Balaban J connectivity index is 2.05. The molecule has 2 rings (SSSR count). The molecule has 0 spiro atoms. The van der Waals surface area contributed by atoms with Crippen molar-refractivity contribution < 1.29 is 9.90 Å². The first-order valence-electron chi connectivity index (χ1n) is 6.40. The van der Waals surface area contributed by atoms with E-state index in [-0.39, 0.29) is 11.3 Å². The van der Waals surface area contributed by atoms with Gasteiger partial charge in [-0.1, -0.05) is 18.5 Å². The van der Waals surface area contributed by atoms with Gasteiger partial charge < -0.3 is 5.11 Å². The lowest BCUT2D eigenvalue weighted by Gasteiger charge is -2.18. The predicted molar refractivity (Wildman–Crippen MR) is 75.7 cm³/mol. The molecule has 0 aliphatic heterocycles. The second-order valence-electron chi connectivity index (χ2n) is 4.98. The predicted octanol–water partition coefficient (Wildman–Crippen LogP) is 3.34. The minimum Gasteiger partial charge on any atom is -0.507 e. The number of nitrogens with one attached hydrogen (secondary N) is 1. The van der Waals surface area contributed by atoms with Crippen molar-refractivity contribution in [3.63, 3.8) is 0 Å². The Hall–Kier alpha value is -1.55. The van der Waals surface area contributed by atoms with E-state index in [1.165, 1.54) is 24.6 Å². The number of hydrazone groups is 1. The number of halogens is 1. The van der Waals surface area contributed by atoms with Crippen LogP contribution in [0.1, 0.15) is 43.0 Å². The summed E-state index contributed by atoms with van der Waals surface area (Å²) in [6.07, 6.45) is 4.16. The molecule has 1 unspecified atom stereocenters. The van der Waals surface area contributed by atoms with Crippen molar-refractivity contribution in [2.75, 3.05) is 0 Å². The highest BCUT2D eigenvalue weighted by Crippen LogP contribution is 2.22. The maximum Gasteiger partial charge on any atom is 0.275 e. The quantitative estimate of drug-likeness (QED) is 0.816. The summed E-state index contributed by atoms with van der Waals surface area (Å²) in [5.74, 6) is 0.0776. The number of hydrogen-bond donors (Lipinski definition) is 2. The van der Waals surface area contributed by atoms with Crippen LogP contribution in [0.3, 0.4) is 0 Å². The van der Waals surface area contributed by atoms with Gasteiger partial charge in [-0.15, -0.1) is 0 Å². The molecule has 5 heteroatoms. The lowest BCUT2D eigenvalue weighted by Crippen LogP contribution is -2.22. The number of carbonyl (C=O) groups excluding carboxylic acids is 1. The highest BCUT2D eigenvalue weighted by Gasteiger charge is 2.15. The van der Waals surface area contributed by atoms with Crippen LogP contribution in [-0.2, 0) is 0 Å². The van der Waals surface area contributed by atoms with E-state index in [1.54, 1.807) is 0 Å². The second kappa shape index (κ2) is 6.06. The van der Waals surface area contributed by atoms with E-state index in [0.717, 1.165) is 25.0 Å². The smallest absolute Gasteiger partial charge is 0.275 e. The molecule has 2 N–H and O–H groups in total. The molecule has 1 saturated carbocycles. The van der Waals surface area contributed by atoms with Crippen LogP contribution >= 0.6 is 11.6 Å². The van der Waals surface area contributed by atoms with Gasteiger partial charge in [0.15, 0.2) is 0 Å². The molecule has 0 heterocycles. The molecule has 0 aromatic heterocycles. The van der Waals surface area contributed by atoms with Crippen LogP contribution in [0.4, 0.5) is 0 Å². The molecule has 0 bridgehead atoms. The largest absolute Gasteiger partial charge is 0.507 e. The molecule has 1 aliphatic carbocycles. The highest BCUT2D eigenvalue weighted by atomic mass is 35.5. The molecular formula is C14H17ClN2O2. The van der Waals surface area contributed by atoms with Crippen LogP contribution in [-0.4, -0.2) is 16.7 Å². The van der Waals surface area contributed by atoms with E-state index in [4.69, 9.17) is 11.6 Å². The molecule has 0 radical (unpaired) electrons. The number of amides is 1. The number of nitrogens with zero attached hydrogens (tertiary/aromatic N) is 1. The Kier molecular flexibility index (Phi) is 4.43. The summed E-state index contributed by atoms with van der Waals surface area (Å²) in [6.45, 7) is 2.18. The molecule has 1 aliphatic rings. The Labute approximate surface area is 117 Å². The zero-order valence-corrected chi connectivity index (χ0v) is 11.6. The van der Waals surface area contributed by atoms with Crippen LogP contribution in [0.2, 0.25) is 5.02 Å². The third-order valence-electron chi connectivity index (χ3n) is 3.27. The van der Waals surface area contributed by atoms with Gasteiger partial charge in [-0.2, -0.15) is 5.10 Å². The summed E-state index contributed by atoms with van der Waals surface area (Å²) in [6, 6.07) is 4.35. The maximum atomic E-state index is 11.9. The summed E-state index contributed by atoms with van der Waals surface area (Å²) in [5.41, 5.74) is 3.64. The summed E-state index contributed by atoms with van der Waals surface area (Å²) in [7, 11) is 0. The normalized spacial score (nSPS) is 21.4. The van der Waals surface area contributed by atoms with Crippen LogP contribution in [0.5, 0.6) is 5.75 Å². The number of aromatic hydroxyl groups is 1. The van der Waals surface area contributed by atoms with Crippen molar-refractivity contribution in [1.82, 2.24) is 5.43 Å². The molecule has 1 atom stereocenters. The number of phenols is 1. The monoisotopic (exact) mass is 280 g/mol. The molecule has 1 aromatic carbocycles. The van der Waals surface area contributed by atoms with Crippen molar-refractivity contribution in [3.8, 4) is 5.75 Å². The van der Waals surface area contributed by atoms with Crippen molar-refractivity contribution in [2.45, 2.75) is 32.6 Å². The Morgan fingerprint density at radius 2 is 2.32 bits per heavy atom. The number of phenolic OH excluding ortho intramolecular Hbond substituents is 1. The van der Waals surface area contributed by atoms with E-state index < -0.39 is 5.91 Å². The minimum absolute atomic E-state index is 0.0980. The van der Waals surface area contributed by atoms with Crippen molar-refractivity contribution in [3.05, 3.63) is 28.8 Å². The van der Waals surface area contributed by atoms with Gasteiger partial charge in [-0.3, -0.25) is 4.79 Å². The first kappa shape index (κ1) is 13.9. The Morgan fingerprint density at radius 1 is 1.53 bits per heavy atom. The van der Waals surface area contributed by atoms with Crippen LogP contribution in [0.15, 0.2) is 23.3 Å². The van der Waals surface area contributed by atoms with Crippen molar-refractivity contribution in [2.24, 2.45) is 11.0 Å². The SMILES string of the molecule is CC1CCC/C(=N\NC(=O)c2cc(Cl)ccc2O)C1. The molecule has 1 fully saturated rings. The molecular weight excluding hydrogens is 264 g/mol. The molecule has 102 valence electrons. The summed E-state index contributed by atoms with van der Waals surface area (Å²) in [5, 5.41) is 14.2. The van der Waals surface area contributed by atoms with Gasteiger partial charge in [0.1, 0.15) is 5.75 Å². The van der Waals surface area contributed by atoms with E-state index in [9.17, 15) is 9.90 Å². The number of rotatable bonds is 2. The highest BCUT2D eigenvalue weighted by molar-refractivity contribution is 6.31. The molecule has 1 aromatic rings. The van der Waals surface area contributed by atoms with E-state index in [1.807, 2.05) is 0 Å². The lowest BCUT2D eigenvalue weighted by molar-refractivity contribution is 0.0952. The van der Waals surface area contributed by atoms with E-state index in [2.05, 4.69) is 17.5 Å². The minimum atomic E-state index is -0.439. The fraction of sp³-hybridized carbons (Fsp3) is 0.429. The van der Waals surface area contributed by atoms with Gasteiger partial charge in [0, 0.05) is 10.7 Å². The van der Waals surface area contributed by atoms with Gasteiger partial charge in [-0.25, -0.2) is 5.43 Å². The molecule has 1 amide bonds. The first-order valence-corrected chi connectivity index (χ1v) is 6.78. The van der Waals surface area contributed by atoms with E-state index >= 15 is 0 Å². The number of carbonyl (C=O) groups is 1. The molecule has 19 heavy (non-hydrogen) atoms. The topological polar surface area (TPSA) is 61.7 Å². The Bertz CT molecular complexity index is 514. The molecule has 0 saturated heterocycles. The standard InChI is InChI=1S/C14H17ClN2O2/c1-9-3-2-4-11(7-9)16-17-14(19)12-8-10(15)5-6-13(12)18/h5-6,8-9,18H,2-4,7H2,1H3,(H,17,19)/b16-11+. The fourth-order valence-electron chi connectivity index (χ4n) is 2.24. The van der Waals surface area contributed by atoms with Gasteiger partial charge in [-0.05, 0) is 49.8 Å². The van der Waals surface area contributed by atoms with Crippen LogP contribution < -0.4 is 5.43 Å². The zero-order chi connectivity index (χ0) is 13.8. The van der Waals surface area contributed by atoms with Crippen LogP contribution in [0.25, 0.3) is 0 Å². The van der Waals surface area contributed by atoms with E-state index in [0.29, 0.717) is 10.9 Å². The number of benzene rings is 1. The van der Waals surface area contributed by atoms with Crippen molar-refractivity contribution >= 4 is 23.2 Å². The van der Waals surface area contributed by atoms with Crippen molar-refractivity contribution in [1.29, 1.82) is 0 Å². The lowest BCUT2D eigenvalue weighted by atomic mass is 9.89. The zero-order valence-electron chi connectivity index (χ0n) is 10.8. The van der Waals surface area contributed by atoms with Gasteiger partial charge in [0.05, 0.1) is 5.56 Å².